The summed E-state index contributed by atoms with van der Waals surface area (Å²) in [4.78, 5) is 2.01. The van der Waals surface area contributed by atoms with Gasteiger partial charge in [0.25, 0.3) is 0 Å². The van der Waals surface area contributed by atoms with Gasteiger partial charge in [0.15, 0.2) is 9.84 Å². The van der Waals surface area contributed by atoms with Crippen molar-refractivity contribution in [1.82, 2.24) is 0 Å². The third-order valence-corrected chi connectivity index (χ3v) is 4.61. The summed E-state index contributed by atoms with van der Waals surface area (Å²) in [6.45, 7) is 3.56. The Morgan fingerprint density at radius 1 is 1.33 bits per heavy atom. The molecule has 0 radical (unpaired) electrons. The van der Waals surface area contributed by atoms with Crippen molar-refractivity contribution in [3.8, 4) is 0 Å². The minimum Gasteiger partial charge on any atom is -0.382 e. The first-order chi connectivity index (χ1) is 8.34. The maximum atomic E-state index is 11.5. The normalized spacial score (nSPS) is 13.1. The molecule has 102 valence electrons. The molecule has 1 atom stereocenters. The highest BCUT2D eigenvalue weighted by atomic mass is 32.2. The van der Waals surface area contributed by atoms with Crippen molar-refractivity contribution in [2.75, 3.05) is 35.8 Å². The van der Waals surface area contributed by atoms with Crippen LogP contribution in [-0.2, 0) is 9.84 Å². The van der Waals surface area contributed by atoms with Gasteiger partial charge in [-0.2, -0.15) is 0 Å². The van der Waals surface area contributed by atoms with Crippen molar-refractivity contribution < 1.29 is 8.42 Å². The molecule has 0 bridgehead atoms. The molecule has 18 heavy (non-hydrogen) atoms. The molecule has 0 amide bonds. The molecule has 4 nitrogen and oxygen atoms in total. The van der Waals surface area contributed by atoms with Crippen LogP contribution >= 0.6 is 0 Å². The molecule has 5 heteroatoms. The maximum Gasteiger partial charge on any atom is 0.152 e. The van der Waals surface area contributed by atoms with Gasteiger partial charge in [-0.1, -0.05) is 13.0 Å². The topological polar surface area (TPSA) is 49.4 Å². The molecular formula is C13H22N2O2S. The zero-order chi connectivity index (χ0) is 13.8. The van der Waals surface area contributed by atoms with E-state index in [9.17, 15) is 8.42 Å². The van der Waals surface area contributed by atoms with Crippen LogP contribution in [0.25, 0.3) is 0 Å². The number of rotatable bonds is 6. The van der Waals surface area contributed by atoms with Gasteiger partial charge in [-0.05, 0) is 25.1 Å². The Bertz CT molecular complexity index is 484. The maximum absolute atomic E-state index is 11.5. The Hall–Kier alpha value is -1.23. The molecule has 1 N–H and O–H groups in total. The van der Waals surface area contributed by atoms with E-state index in [-0.39, 0.29) is 17.5 Å². The molecule has 1 aromatic carbocycles. The van der Waals surface area contributed by atoms with Gasteiger partial charge in [-0.15, -0.1) is 0 Å². The van der Waals surface area contributed by atoms with E-state index in [0.29, 0.717) is 0 Å². The third-order valence-electron chi connectivity index (χ3n) is 2.72. The molecule has 1 rings (SSSR count). The Morgan fingerprint density at radius 3 is 2.56 bits per heavy atom. The van der Waals surface area contributed by atoms with Crippen molar-refractivity contribution in [3.63, 3.8) is 0 Å². The molecule has 0 fully saturated rings. The summed E-state index contributed by atoms with van der Waals surface area (Å²) in [5.41, 5.74) is 2.03. The van der Waals surface area contributed by atoms with Gasteiger partial charge in [0.1, 0.15) is 0 Å². The molecular weight excluding hydrogens is 248 g/mol. The molecule has 0 aliphatic heterocycles. The fourth-order valence-corrected chi connectivity index (χ4v) is 2.78. The standard InChI is InChI=1S/C13H22N2O2S/c1-5-18(16,17)10-11(2)14-12-7-6-8-13(9-12)15(3)4/h6-9,11,14H,5,10H2,1-4H3. The molecule has 0 saturated heterocycles. The van der Waals surface area contributed by atoms with Gasteiger partial charge >= 0.3 is 0 Å². The van der Waals surface area contributed by atoms with Crippen LogP contribution in [0.5, 0.6) is 0 Å². The molecule has 0 aliphatic carbocycles. The zero-order valence-corrected chi connectivity index (χ0v) is 12.3. The highest BCUT2D eigenvalue weighted by Crippen LogP contribution is 2.18. The summed E-state index contributed by atoms with van der Waals surface area (Å²) in [6, 6.07) is 7.83. The summed E-state index contributed by atoms with van der Waals surface area (Å²) in [5.74, 6) is 0.354. The summed E-state index contributed by atoms with van der Waals surface area (Å²) < 4.78 is 23.1. The van der Waals surface area contributed by atoms with Gasteiger partial charge in [-0.25, -0.2) is 8.42 Å². The van der Waals surface area contributed by atoms with E-state index in [0.717, 1.165) is 11.4 Å². The van der Waals surface area contributed by atoms with E-state index < -0.39 is 9.84 Å². The van der Waals surface area contributed by atoms with Crippen LogP contribution in [0.1, 0.15) is 13.8 Å². The SMILES string of the molecule is CCS(=O)(=O)CC(C)Nc1cccc(N(C)C)c1. The van der Waals surface area contributed by atoms with Crippen LogP contribution in [-0.4, -0.2) is 40.1 Å². The first kappa shape index (κ1) is 14.8. The summed E-state index contributed by atoms with van der Waals surface area (Å²) in [7, 11) is 1.01. The first-order valence-corrected chi connectivity index (χ1v) is 7.90. The Kier molecular flexibility index (Phi) is 5.02. The lowest BCUT2D eigenvalue weighted by atomic mass is 10.2. The monoisotopic (exact) mass is 270 g/mol. The Morgan fingerprint density at radius 2 is 2.00 bits per heavy atom. The minimum atomic E-state index is -2.94. The van der Waals surface area contributed by atoms with Crippen molar-refractivity contribution in [3.05, 3.63) is 24.3 Å². The lowest BCUT2D eigenvalue weighted by Crippen LogP contribution is -2.26. The quantitative estimate of drug-likeness (QED) is 0.859. The minimum absolute atomic E-state index is 0.0904. The van der Waals surface area contributed by atoms with Crippen LogP contribution < -0.4 is 10.2 Å². The summed E-state index contributed by atoms with van der Waals surface area (Å²) >= 11 is 0. The van der Waals surface area contributed by atoms with Crippen molar-refractivity contribution in [2.45, 2.75) is 19.9 Å². The second-order valence-corrected chi connectivity index (χ2v) is 7.09. The predicted molar refractivity (Wildman–Crippen MR) is 78.2 cm³/mol. The smallest absolute Gasteiger partial charge is 0.152 e. The lowest BCUT2D eigenvalue weighted by molar-refractivity contribution is 0.593. The van der Waals surface area contributed by atoms with Crippen molar-refractivity contribution in [2.24, 2.45) is 0 Å². The fraction of sp³-hybridized carbons (Fsp3) is 0.538. The highest BCUT2D eigenvalue weighted by molar-refractivity contribution is 7.91. The first-order valence-electron chi connectivity index (χ1n) is 6.08. The number of anilines is 2. The number of nitrogens with one attached hydrogen (secondary N) is 1. The number of sulfone groups is 1. The second-order valence-electron chi connectivity index (χ2n) is 4.69. The van der Waals surface area contributed by atoms with Gasteiger partial charge in [0, 0.05) is 37.3 Å². The lowest BCUT2D eigenvalue weighted by Gasteiger charge is -2.18. The third kappa shape index (κ3) is 4.56. The summed E-state index contributed by atoms with van der Waals surface area (Å²) in [5, 5.41) is 3.22. The van der Waals surface area contributed by atoms with Crippen molar-refractivity contribution in [1.29, 1.82) is 0 Å². The van der Waals surface area contributed by atoms with E-state index >= 15 is 0 Å². The predicted octanol–water partition coefficient (Wildman–Crippen LogP) is 1.99. The molecule has 0 spiro atoms. The average molecular weight is 270 g/mol. The van der Waals surface area contributed by atoms with Gasteiger partial charge < -0.3 is 10.2 Å². The van der Waals surface area contributed by atoms with Gasteiger partial charge in [0.2, 0.25) is 0 Å². The van der Waals surface area contributed by atoms with Gasteiger partial charge in [-0.3, -0.25) is 0 Å². The molecule has 1 unspecified atom stereocenters. The fourth-order valence-electron chi connectivity index (χ4n) is 1.70. The number of hydrogen-bond acceptors (Lipinski definition) is 4. The highest BCUT2D eigenvalue weighted by Gasteiger charge is 2.13. The van der Waals surface area contributed by atoms with Crippen LogP contribution in [0, 0.1) is 0 Å². The molecule has 1 aromatic rings. The van der Waals surface area contributed by atoms with Crippen LogP contribution in [0.2, 0.25) is 0 Å². The molecule has 0 aliphatic rings. The van der Waals surface area contributed by atoms with E-state index in [2.05, 4.69) is 5.32 Å². The van der Waals surface area contributed by atoms with E-state index in [1.54, 1.807) is 6.92 Å². The largest absolute Gasteiger partial charge is 0.382 e. The van der Waals surface area contributed by atoms with Crippen LogP contribution in [0.15, 0.2) is 24.3 Å². The van der Waals surface area contributed by atoms with Crippen molar-refractivity contribution >= 4 is 21.2 Å². The van der Waals surface area contributed by atoms with E-state index in [4.69, 9.17) is 0 Å². The number of benzene rings is 1. The molecule has 0 aromatic heterocycles. The zero-order valence-electron chi connectivity index (χ0n) is 11.5. The average Bonchev–Trinajstić information content (AvgIpc) is 2.28. The number of nitrogens with zero attached hydrogens (tertiary/aromatic N) is 1. The Labute approximate surface area is 110 Å². The van der Waals surface area contributed by atoms with Crippen LogP contribution in [0.3, 0.4) is 0 Å². The second kappa shape index (κ2) is 6.09. The molecule has 0 heterocycles. The number of hydrogen-bond donors (Lipinski definition) is 1. The Balaban J connectivity index is 2.70. The van der Waals surface area contributed by atoms with E-state index in [1.165, 1.54) is 0 Å². The molecule has 0 saturated carbocycles. The van der Waals surface area contributed by atoms with Gasteiger partial charge in [0.05, 0.1) is 5.75 Å². The summed E-state index contributed by atoms with van der Waals surface area (Å²) in [6.07, 6.45) is 0. The van der Waals surface area contributed by atoms with Crippen LogP contribution in [0.4, 0.5) is 11.4 Å². The van der Waals surface area contributed by atoms with E-state index in [1.807, 2.05) is 50.2 Å².